The van der Waals surface area contributed by atoms with Crippen LogP contribution in [0.5, 0.6) is 0 Å². The van der Waals surface area contributed by atoms with E-state index in [4.69, 9.17) is 5.11 Å². The number of alkyl halides is 3. The Balaban J connectivity index is 1.84. The van der Waals surface area contributed by atoms with Gasteiger partial charge >= 0.3 is 12.1 Å². The van der Waals surface area contributed by atoms with Gasteiger partial charge in [-0.3, -0.25) is 4.79 Å². The van der Waals surface area contributed by atoms with Crippen molar-refractivity contribution >= 4 is 15.8 Å². The number of rotatable bonds is 6. The summed E-state index contributed by atoms with van der Waals surface area (Å²) in [6.45, 7) is 1.54. The SMILES string of the molecule is O=C(O)CS(=O)(=O)CCN1CCC(c2ccc(C(F)(F)F)cc2)CC1. The second kappa shape index (κ2) is 7.74. The number of likely N-dealkylation sites (tertiary alicyclic amines) is 1. The van der Waals surface area contributed by atoms with Crippen molar-refractivity contribution in [1.29, 1.82) is 0 Å². The van der Waals surface area contributed by atoms with Crippen LogP contribution in [0.15, 0.2) is 24.3 Å². The first-order chi connectivity index (χ1) is 11.6. The van der Waals surface area contributed by atoms with E-state index in [0.717, 1.165) is 30.5 Å². The maximum atomic E-state index is 12.6. The molecule has 1 aromatic rings. The summed E-state index contributed by atoms with van der Waals surface area (Å²) in [5.41, 5.74) is 0.184. The molecule has 0 spiro atoms. The Morgan fingerprint density at radius 3 is 2.20 bits per heavy atom. The lowest BCUT2D eigenvalue weighted by Crippen LogP contribution is -2.37. The molecule has 1 aliphatic rings. The number of hydrogen-bond donors (Lipinski definition) is 1. The molecule has 0 saturated carbocycles. The highest BCUT2D eigenvalue weighted by Gasteiger charge is 2.30. The van der Waals surface area contributed by atoms with Crippen molar-refractivity contribution in [2.24, 2.45) is 0 Å². The standard InChI is InChI=1S/C16H20F3NO4S/c17-16(18,19)14-3-1-12(2-4-14)13-5-7-20(8-6-13)9-10-25(23,24)11-15(21)22/h1-4,13H,5-11H2,(H,21,22). The average molecular weight is 379 g/mol. The predicted molar refractivity (Wildman–Crippen MR) is 86.1 cm³/mol. The molecule has 0 unspecified atom stereocenters. The summed E-state index contributed by atoms with van der Waals surface area (Å²) >= 11 is 0. The molecule has 9 heteroatoms. The highest BCUT2D eigenvalue weighted by Crippen LogP contribution is 2.32. The summed E-state index contributed by atoms with van der Waals surface area (Å²) in [6, 6.07) is 5.17. The highest BCUT2D eigenvalue weighted by atomic mass is 32.2. The van der Waals surface area contributed by atoms with E-state index >= 15 is 0 Å². The van der Waals surface area contributed by atoms with E-state index < -0.39 is 33.3 Å². The zero-order valence-electron chi connectivity index (χ0n) is 13.5. The zero-order chi connectivity index (χ0) is 18.7. The Morgan fingerprint density at radius 1 is 1.16 bits per heavy atom. The Bertz CT molecular complexity index is 693. The van der Waals surface area contributed by atoms with Gasteiger partial charge < -0.3 is 10.0 Å². The van der Waals surface area contributed by atoms with Crippen molar-refractivity contribution in [1.82, 2.24) is 4.90 Å². The molecule has 25 heavy (non-hydrogen) atoms. The number of sulfone groups is 1. The van der Waals surface area contributed by atoms with Crippen LogP contribution in [0.1, 0.15) is 29.9 Å². The van der Waals surface area contributed by atoms with Gasteiger partial charge in [0, 0.05) is 6.54 Å². The van der Waals surface area contributed by atoms with Gasteiger partial charge in [0.05, 0.1) is 11.3 Å². The van der Waals surface area contributed by atoms with Crippen LogP contribution >= 0.6 is 0 Å². The molecule has 1 fully saturated rings. The Morgan fingerprint density at radius 2 is 1.72 bits per heavy atom. The first-order valence-corrected chi connectivity index (χ1v) is 9.71. The van der Waals surface area contributed by atoms with Crippen molar-refractivity contribution in [3.8, 4) is 0 Å². The number of aliphatic carboxylic acids is 1. The molecule has 1 aliphatic heterocycles. The number of carbonyl (C=O) groups is 1. The average Bonchev–Trinajstić information content (AvgIpc) is 2.52. The lowest BCUT2D eigenvalue weighted by atomic mass is 9.89. The van der Waals surface area contributed by atoms with Gasteiger partial charge in [0.15, 0.2) is 9.84 Å². The summed E-state index contributed by atoms with van der Waals surface area (Å²) in [6.07, 6.45) is -2.89. The van der Waals surface area contributed by atoms with Gasteiger partial charge in [0.1, 0.15) is 5.75 Å². The van der Waals surface area contributed by atoms with E-state index in [9.17, 15) is 26.4 Å². The molecule has 0 aromatic heterocycles. The largest absolute Gasteiger partial charge is 0.480 e. The molecular formula is C16H20F3NO4S. The van der Waals surface area contributed by atoms with Crippen LogP contribution < -0.4 is 0 Å². The lowest BCUT2D eigenvalue weighted by molar-refractivity contribution is -0.137. The molecule has 140 valence electrons. The molecule has 5 nitrogen and oxygen atoms in total. The van der Waals surface area contributed by atoms with E-state index in [-0.39, 0.29) is 18.2 Å². The summed E-state index contributed by atoms with van der Waals surface area (Å²) in [7, 11) is -3.61. The molecular weight excluding hydrogens is 359 g/mol. The van der Waals surface area contributed by atoms with E-state index in [1.807, 2.05) is 4.90 Å². The normalized spacial score (nSPS) is 17.6. The third-order valence-electron chi connectivity index (χ3n) is 4.36. The number of carboxylic acid groups (broad SMARTS) is 1. The monoisotopic (exact) mass is 379 g/mol. The van der Waals surface area contributed by atoms with Crippen LogP contribution in [0.3, 0.4) is 0 Å². The second-order valence-electron chi connectivity index (χ2n) is 6.22. The topological polar surface area (TPSA) is 74.7 Å². The molecule has 0 aliphatic carbocycles. The van der Waals surface area contributed by atoms with Crippen LogP contribution in [-0.2, 0) is 20.8 Å². The Labute approximate surface area is 144 Å². The number of hydrogen-bond acceptors (Lipinski definition) is 4. The van der Waals surface area contributed by atoms with Gasteiger partial charge in [0.25, 0.3) is 0 Å². The molecule has 1 aromatic carbocycles. The lowest BCUT2D eigenvalue weighted by Gasteiger charge is -2.32. The maximum Gasteiger partial charge on any atom is 0.416 e. The predicted octanol–water partition coefficient (Wildman–Crippen LogP) is 2.38. The van der Waals surface area contributed by atoms with Crippen molar-refractivity contribution < 1.29 is 31.5 Å². The van der Waals surface area contributed by atoms with Crippen LogP contribution in [0.4, 0.5) is 13.2 Å². The fourth-order valence-electron chi connectivity index (χ4n) is 2.96. The van der Waals surface area contributed by atoms with Crippen LogP contribution in [0.25, 0.3) is 0 Å². The molecule has 0 radical (unpaired) electrons. The van der Waals surface area contributed by atoms with Crippen molar-refractivity contribution in [3.63, 3.8) is 0 Å². The van der Waals surface area contributed by atoms with Crippen molar-refractivity contribution in [2.45, 2.75) is 24.9 Å². The van der Waals surface area contributed by atoms with Gasteiger partial charge in [0.2, 0.25) is 0 Å². The molecule has 0 bridgehead atoms. The van der Waals surface area contributed by atoms with Crippen LogP contribution in [0, 0.1) is 0 Å². The molecule has 2 rings (SSSR count). The molecule has 1 N–H and O–H groups in total. The first kappa shape index (κ1) is 19.7. The van der Waals surface area contributed by atoms with E-state index in [1.165, 1.54) is 12.1 Å². The van der Waals surface area contributed by atoms with Crippen LogP contribution in [0.2, 0.25) is 0 Å². The summed E-state index contributed by atoms with van der Waals surface area (Å²) < 4.78 is 60.9. The summed E-state index contributed by atoms with van der Waals surface area (Å²) in [5.74, 6) is -2.28. The van der Waals surface area contributed by atoms with E-state index in [2.05, 4.69) is 0 Å². The quantitative estimate of drug-likeness (QED) is 0.822. The van der Waals surface area contributed by atoms with Gasteiger partial charge in [-0.1, -0.05) is 12.1 Å². The number of nitrogens with zero attached hydrogens (tertiary/aromatic N) is 1. The van der Waals surface area contributed by atoms with Gasteiger partial charge in [-0.2, -0.15) is 13.2 Å². The smallest absolute Gasteiger partial charge is 0.416 e. The molecule has 0 amide bonds. The fraction of sp³-hybridized carbons (Fsp3) is 0.562. The maximum absolute atomic E-state index is 12.6. The van der Waals surface area contributed by atoms with Crippen molar-refractivity contribution in [2.75, 3.05) is 31.1 Å². The highest BCUT2D eigenvalue weighted by molar-refractivity contribution is 7.92. The fourth-order valence-corrected chi connectivity index (χ4v) is 4.02. The summed E-state index contributed by atoms with van der Waals surface area (Å²) in [4.78, 5) is 12.4. The Hall–Kier alpha value is -1.61. The van der Waals surface area contributed by atoms with E-state index in [1.54, 1.807) is 0 Å². The minimum Gasteiger partial charge on any atom is -0.480 e. The number of carboxylic acids is 1. The Kier molecular flexibility index (Phi) is 6.10. The zero-order valence-corrected chi connectivity index (χ0v) is 14.3. The third kappa shape index (κ3) is 6.00. The second-order valence-corrected chi connectivity index (χ2v) is 8.41. The van der Waals surface area contributed by atoms with Gasteiger partial charge in [-0.05, 0) is 49.5 Å². The number of halogens is 3. The molecule has 0 atom stereocenters. The minimum atomic E-state index is -4.34. The van der Waals surface area contributed by atoms with Gasteiger partial charge in [-0.25, -0.2) is 8.42 Å². The molecule has 1 saturated heterocycles. The van der Waals surface area contributed by atoms with E-state index in [0.29, 0.717) is 13.1 Å². The minimum absolute atomic E-state index is 0.147. The van der Waals surface area contributed by atoms with Gasteiger partial charge in [-0.15, -0.1) is 0 Å². The molecule has 1 heterocycles. The summed E-state index contributed by atoms with van der Waals surface area (Å²) in [5, 5.41) is 8.55. The first-order valence-electron chi connectivity index (χ1n) is 7.88. The van der Waals surface area contributed by atoms with Crippen LogP contribution in [-0.4, -0.2) is 55.5 Å². The number of benzene rings is 1. The van der Waals surface area contributed by atoms with Crippen molar-refractivity contribution in [3.05, 3.63) is 35.4 Å². The number of piperidine rings is 1. The third-order valence-corrected chi connectivity index (χ3v) is 5.85.